The standard InChI is InChI=1S/C21H25N3O3/c1-4-9-21(26,10-5-2)20-23-17-12-15(13-22-19(25)18(17)24-20)14-7-6-8-16(11-14)27-3/h4-8,11,15,26H,1-2,9-10,12-13H2,3H3,(H,22,25)(H,23,24)/t15-/m0/s1. The molecule has 1 aliphatic heterocycles. The summed E-state index contributed by atoms with van der Waals surface area (Å²) in [6.45, 7) is 7.92. The number of fused-ring (bicyclic) bond motifs is 1. The van der Waals surface area contributed by atoms with E-state index in [0.717, 1.165) is 17.0 Å². The predicted molar refractivity (Wildman–Crippen MR) is 104 cm³/mol. The van der Waals surface area contributed by atoms with Gasteiger partial charge in [0.05, 0.1) is 7.11 Å². The summed E-state index contributed by atoms with van der Waals surface area (Å²) in [5, 5.41) is 13.9. The van der Waals surface area contributed by atoms with E-state index in [0.29, 0.717) is 37.3 Å². The second-order valence-electron chi connectivity index (χ2n) is 6.82. The number of imidazole rings is 1. The number of carbonyl (C=O) groups is 1. The highest BCUT2D eigenvalue weighted by molar-refractivity contribution is 5.94. The zero-order valence-electron chi connectivity index (χ0n) is 15.5. The molecule has 1 atom stereocenters. The molecule has 2 heterocycles. The molecule has 1 amide bonds. The number of amides is 1. The van der Waals surface area contributed by atoms with E-state index < -0.39 is 5.60 Å². The van der Waals surface area contributed by atoms with Gasteiger partial charge >= 0.3 is 0 Å². The smallest absolute Gasteiger partial charge is 0.271 e. The summed E-state index contributed by atoms with van der Waals surface area (Å²) in [4.78, 5) is 20.1. The van der Waals surface area contributed by atoms with Crippen LogP contribution < -0.4 is 10.1 Å². The quantitative estimate of drug-likeness (QED) is 0.657. The Labute approximate surface area is 159 Å². The molecule has 142 valence electrons. The van der Waals surface area contributed by atoms with Crippen molar-refractivity contribution in [1.29, 1.82) is 0 Å². The molecule has 0 spiro atoms. The van der Waals surface area contributed by atoms with Crippen molar-refractivity contribution in [3.63, 3.8) is 0 Å². The van der Waals surface area contributed by atoms with Crippen molar-refractivity contribution in [2.24, 2.45) is 0 Å². The lowest BCUT2D eigenvalue weighted by atomic mass is 9.94. The first-order valence-electron chi connectivity index (χ1n) is 8.96. The number of carbonyl (C=O) groups excluding carboxylic acids is 1. The van der Waals surface area contributed by atoms with Crippen molar-refractivity contribution in [2.45, 2.75) is 30.8 Å². The van der Waals surface area contributed by atoms with Crippen LogP contribution in [0.1, 0.15) is 46.3 Å². The van der Waals surface area contributed by atoms with Gasteiger partial charge in [-0.25, -0.2) is 4.98 Å². The maximum Gasteiger partial charge on any atom is 0.271 e. The van der Waals surface area contributed by atoms with Gasteiger partial charge in [-0.3, -0.25) is 4.79 Å². The zero-order chi connectivity index (χ0) is 19.4. The van der Waals surface area contributed by atoms with Crippen LogP contribution in [-0.2, 0) is 12.0 Å². The maximum absolute atomic E-state index is 12.5. The number of methoxy groups -OCH3 is 1. The van der Waals surface area contributed by atoms with E-state index in [9.17, 15) is 9.90 Å². The van der Waals surface area contributed by atoms with Crippen LogP contribution in [-0.4, -0.2) is 34.6 Å². The van der Waals surface area contributed by atoms with Crippen LogP contribution in [0.5, 0.6) is 5.75 Å². The summed E-state index contributed by atoms with van der Waals surface area (Å²) in [5.74, 6) is 0.983. The minimum absolute atomic E-state index is 0.0745. The lowest BCUT2D eigenvalue weighted by Crippen LogP contribution is -2.28. The van der Waals surface area contributed by atoms with E-state index >= 15 is 0 Å². The van der Waals surface area contributed by atoms with Crippen LogP contribution >= 0.6 is 0 Å². The SMILES string of the molecule is C=CCC(O)(CC=C)c1nc2c([nH]1)C[C@H](c1cccc(OC)c1)CNC2=O. The lowest BCUT2D eigenvalue weighted by Gasteiger charge is -2.23. The molecular formula is C21H25N3O3. The Hall–Kier alpha value is -2.86. The number of aromatic nitrogens is 2. The predicted octanol–water partition coefficient (Wildman–Crippen LogP) is 2.83. The van der Waals surface area contributed by atoms with E-state index in [-0.39, 0.29) is 11.8 Å². The number of nitrogens with zero attached hydrogens (tertiary/aromatic N) is 1. The number of H-pyrrole nitrogens is 1. The Balaban J connectivity index is 1.96. The van der Waals surface area contributed by atoms with Gasteiger partial charge in [-0.05, 0) is 24.1 Å². The van der Waals surface area contributed by atoms with Crippen LogP contribution in [0.2, 0.25) is 0 Å². The Kier molecular flexibility index (Phi) is 5.46. The molecule has 6 nitrogen and oxygen atoms in total. The molecule has 2 aromatic rings. The third kappa shape index (κ3) is 3.80. The molecular weight excluding hydrogens is 342 g/mol. The molecule has 1 aromatic carbocycles. The number of aromatic amines is 1. The molecule has 27 heavy (non-hydrogen) atoms. The number of ether oxygens (including phenoxy) is 1. The average Bonchev–Trinajstić information content (AvgIpc) is 3.03. The topological polar surface area (TPSA) is 87.2 Å². The Bertz CT molecular complexity index is 846. The third-order valence-electron chi connectivity index (χ3n) is 4.92. The Morgan fingerprint density at radius 1 is 1.37 bits per heavy atom. The first-order chi connectivity index (χ1) is 13.0. The first kappa shape index (κ1) is 18.9. The van der Waals surface area contributed by atoms with Crippen LogP contribution in [0, 0.1) is 0 Å². The number of benzene rings is 1. The van der Waals surface area contributed by atoms with Gasteiger partial charge in [0.1, 0.15) is 22.9 Å². The molecule has 1 aromatic heterocycles. The molecule has 1 aliphatic rings. The van der Waals surface area contributed by atoms with Crippen molar-refractivity contribution in [3.8, 4) is 5.75 Å². The van der Waals surface area contributed by atoms with Gasteiger partial charge in [-0.1, -0.05) is 24.3 Å². The Morgan fingerprint density at radius 3 is 2.78 bits per heavy atom. The highest BCUT2D eigenvalue weighted by Crippen LogP contribution is 2.31. The molecule has 0 unspecified atom stereocenters. The Morgan fingerprint density at radius 2 is 2.11 bits per heavy atom. The highest BCUT2D eigenvalue weighted by atomic mass is 16.5. The minimum atomic E-state index is -1.25. The molecule has 3 N–H and O–H groups in total. The summed E-state index contributed by atoms with van der Waals surface area (Å²) in [6, 6.07) is 7.83. The molecule has 0 saturated carbocycles. The number of nitrogens with one attached hydrogen (secondary N) is 2. The summed E-state index contributed by atoms with van der Waals surface area (Å²) in [7, 11) is 1.63. The van der Waals surface area contributed by atoms with E-state index in [2.05, 4.69) is 28.4 Å². The fraction of sp³-hybridized carbons (Fsp3) is 0.333. The van der Waals surface area contributed by atoms with Gasteiger partial charge in [0.25, 0.3) is 5.91 Å². The van der Waals surface area contributed by atoms with E-state index in [1.165, 1.54) is 0 Å². The van der Waals surface area contributed by atoms with Gasteiger partial charge in [0.15, 0.2) is 0 Å². The largest absolute Gasteiger partial charge is 0.497 e. The van der Waals surface area contributed by atoms with Crippen molar-refractivity contribution < 1.29 is 14.6 Å². The van der Waals surface area contributed by atoms with Gasteiger partial charge in [0, 0.05) is 31.0 Å². The molecule has 0 bridgehead atoms. The molecule has 0 aliphatic carbocycles. The second kappa shape index (κ2) is 7.80. The monoisotopic (exact) mass is 367 g/mol. The van der Waals surface area contributed by atoms with Crippen molar-refractivity contribution in [1.82, 2.24) is 15.3 Å². The van der Waals surface area contributed by atoms with Crippen LogP contribution in [0.15, 0.2) is 49.6 Å². The number of hydrogen-bond acceptors (Lipinski definition) is 4. The average molecular weight is 367 g/mol. The molecule has 0 saturated heterocycles. The van der Waals surface area contributed by atoms with E-state index in [1.807, 2.05) is 24.3 Å². The summed E-state index contributed by atoms with van der Waals surface area (Å²) in [5.41, 5.74) is 0.883. The van der Waals surface area contributed by atoms with Crippen molar-refractivity contribution in [3.05, 3.63) is 72.4 Å². The third-order valence-corrected chi connectivity index (χ3v) is 4.92. The minimum Gasteiger partial charge on any atom is -0.497 e. The van der Waals surface area contributed by atoms with Crippen molar-refractivity contribution >= 4 is 5.91 Å². The van der Waals surface area contributed by atoms with Crippen LogP contribution in [0.25, 0.3) is 0 Å². The fourth-order valence-corrected chi connectivity index (χ4v) is 3.47. The molecule has 6 heteroatoms. The summed E-state index contributed by atoms with van der Waals surface area (Å²) in [6.07, 6.45) is 4.50. The second-order valence-corrected chi connectivity index (χ2v) is 6.82. The summed E-state index contributed by atoms with van der Waals surface area (Å²) >= 11 is 0. The summed E-state index contributed by atoms with van der Waals surface area (Å²) < 4.78 is 5.31. The van der Waals surface area contributed by atoms with Gasteiger partial charge in [-0.2, -0.15) is 0 Å². The normalized spacial score (nSPS) is 16.8. The van der Waals surface area contributed by atoms with Crippen molar-refractivity contribution in [2.75, 3.05) is 13.7 Å². The molecule has 0 radical (unpaired) electrons. The molecule has 0 fully saturated rings. The lowest BCUT2D eigenvalue weighted by molar-refractivity contribution is 0.0343. The highest BCUT2D eigenvalue weighted by Gasteiger charge is 2.34. The number of aliphatic hydroxyl groups is 1. The van der Waals surface area contributed by atoms with E-state index in [1.54, 1.807) is 19.3 Å². The number of rotatable bonds is 7. The fourth-order valence-electron chi connectivity index (χ4n) is 3.47. The zero-order valence-corrected chi connectivity index (χ0v) is 15.5. The van der Waals surface area contributed by atoms with E-state index in [4.69, 9.17) is 4.74 Å². The first-order valence-corrected chi connectivity index (χ1v) is 8.96. The van der Waals surface area contributed by atoms with Gasteiger partial charge in [0.2, 0.25) is 0 Å². The van der Waals surface area contributed by atoms with Gasteiger partial charge in [-0.15, -0.1) is 13.2 Å². The molecule has 3 rings (SSSR count). The van der Waals surface area contributed by atoms with Crippen LogP contribution in [0.4, 0.5) is 0 Å². The maximum atomic E-state index is 12.5. The van der Waals surface area contributed by atoms with Gasteiger partial charge < -0.3 is 20.1 Å². The number of hydrogen-bond donors (Lipinski definition) is 3. The van der Waals surface area contributed by atoms with Crippen LogP contribution in [0.3, 0.4) is 0 Å².